The van der Waals surface area contributed by atoms with E-state index < -0.39 is 0 Å². The topological polar surface area (TPSA) is 64.9 Å². The molecule has 0 bridgehead atoms. The monoisotopic (exact) mass is 279 g/mol. The molecule has 21 heavy (non-hydrogen) atoms. The van der Waals surface area contributed by atoms with E-state index in [1.807, 2.05) is 37.3 Å². The van der Waals surface area contributed by atoms with E-state index in [2.05, 4.69) is 29.2 Å². The summed E-state index contributed by atoms with van der Waals surface area (Å²) in [7, 11) is 0. The molecule has 4 heteroatoms. The third-order valence-electron chi connectivity index (χ3n) is 3.65. The lowest BCUT2D eigenvalue weighted by molar-refractivity contribution is 0.432. The molecule has 0 aliphatic carbocycles. The summed E-state index contributed by atoms with van der Waals surface area (Å²) in [6.45, 7) is 4.08. The Balaban J connectivity index is 1.97. The van der Waals surface area contributed by atoms with E-state index in [0.717, 1.165) is 28.8 Å². The summed E-state index contributed by atoms with van der Waals surface area (Å²) < 4.78 is 5.38. The summed E-state index contributed by atoms with van der Waals surface area (Å²) in [5.41, 5.74) is 10.7. The van der Waals surface area contributed by atoms with E-state index >= 15 is 0 Å². The molecule has 0 radical (unpaired) electrons. The Bertz CT molecular complexity index is 760. The van der Waals surface area contributed by atoms with Gasteiger partial charge in [0.15, 0.2) is 0 Å². The Kier molecular flexibility index (Phi) is 3.44. The maximum atomic E-state index is 5.92. The first-order valence-electron chi connectivity index (χ1n) is 6.97. The number of anilines is 1. The molecule has 3 rings (SSSR count). The fourth-order valence-corrected chi connectivity index (χ4v) is 2.22. The quantitative estimate of drug-likeness (QED) is 0.739. The molecular formula is C17H17N3O. The first-order chi connectivity index (χ1) is 10.2. The van der Waals surface area contributed by atoms with Gasteiger partial charge in [-0.1, -0.05) is 42.4 Å². The van der Waals surface area contributed by atoms with Gasteiger partial charge in [0.1, 0.15) is 0 Å². The lowest BCUT2D eigenvalue weighted by atomic mass is 10.1. The molecule has 1 aromatic heterocycles. The van der Waals surface area contributed by atoms with E-state index in [4.69, 9.17) is 10.3 Å². The van der Waals surface area contributed by atoms with Gasteiger partial charge in [0.05, 0.1) is 0 Å². The lowest BCUT2D eigenvalue weighted by Gasteiger charge is -2.03. The number of hydrogen-bond donors (Lipinski definition) is 1. The van der Waals surface area contributed by atoms with E-state index in [9.17, 15) is 0 Å². The third kappa shape index (κ3) is 2.52. The van der Waals surface area contributed by atoms with Crippen LogP contribution in [0.3, 0.4) is 0 Å². The summed E-state index contributed by atoms with van der Waals surface area (Å²) in [4.78, 5) is 4.47. The second-order valence-corrected chi connectivity index (χ2v) is 4.99. The van der Waals surface area contributed by atoms with Crippen LogP contribution in [0.5, 0.6) is 0 Å². The third-order valence-corrected chi connectivity index (χ3v) is 3.65. The Labute approximate surface area is 123 Å². The smallest absolute Gasteiger partial charge is 0.258 e. The maximum Gasteiger partial charge on any atom is 0.258 e. The zero-order chi connectivity index (χ0) is 14.8. The van der Waals surface area contributed by atoms with Crippen LogP contribution in [0.2, 0.25) is 0 Å². The van der Waals surface area contributed by atoms with Crippen molar-refractivity contribution < 1.29 is 4.52 Å². The predicted molar refractivity (Wildman–Crippen MR) is 83.7 cm³/mol. The highest BCUT2D eigenvalue weighted by molar-refractivity contribution is 5.68. The Morgan fingerprint density at radius 3 is 2.57 bits per heavy atom. The number of hydrogen-bond acceptors (Lipinski definition) is 4. The summed E-state index contributed by atoms with van der Waals surface area (Å²) in [6, 6.07) is 13.9. The van der Waals surface area contributed by atoms with Gasteiger partial charge in [-0.05, 0) is 36.6 Å². The van der Waals surface area contributed by atoms with Gasteiger partial charge in [-0.2, -0.15) is 4.98 Å². The van der Waals surface area contributed by atoms with Crippen molar-refractivity contribution in [3.63, 3.8) is 0 Å². The van der Waals surface area contributed by atoms with E-state index in [1.54, 1.807) is 0 Å². The van der Waals surface area contributed by atoms with Gasteiger partial charge < -0.3 is 10.3 Å². The van der Waals surface area contributed by atoms with Crippen LogP contribution in [0.1, 0.15) is 18.1 Å². The Morgan fingerprint density at radius 2 is 1.86 bits per heavy atom. The molecule has 2 aromatic carbocycles. The predicted octanol–water partition coefficient (Wildman–Crippen LogP) is 3.86. The molecule has 0 aliphatic rings. The van der Waals surface area contributed by atoms with Crippen LogP contribution in [0.4, 0.5) is 5.69 Å². The molecule has 2 N–H and O–H groups in total. The lowest BCUT2D eigenvalue weighted by Crippen LogP contribution is -1.92. The van der Waals surface area contributed by atoms with E-state index in [1.165, 1.54) is 5.56 Å². The number of nitrogens with zero attached hydrogens (tertiary/aromatic N) is 2. The van der Waals surface area contributed by atoms with Crippen molar-refractivity contribution in [2.45, 2.75) is 20.3 Å². The highest BCUT2D eigenvalue weighted by Crippen LogP contribution is 2.27. The average Bonchev–Trinajstić information content (AvgIpc) is 3.00. The van der Waals surface area contributed by atoms with E-state index in [-0.39, 0.29) is 0 Å². The van der Waals surface area contributed by atoms with Crippen molar-refractivity contribution in [3.8, 4) is 22.8 Å². The van der Waals surface area contributed by atoms with Crippen LogP contribution >= 0.6 is 0 Å². The number of rotatable bonds is 3. The SMILES string of the molecule is CCc1ccc(-c2noc(-c3cccc(N)c3C)n2)cc1. The minimum Gasteiger partial charge on any atom is -0.398 e. The molecule has 106 valence electrons. The van der Waals surface area contributed by atoms with Gasteiger partial charge in [-0.3, -0.25) is 0 Å². The maximum absolute atomic E-state index is 5.92. The largest absolute Gasteiger partial charge is 0.398 e. The number of nitrogens with two attached hydrogens (primary N) is 1. The van der Waals surface area contributed by atoms with Gasteiger partial charge in [0.25, 0.3) is 5.89 Å². The molecule has 4 nitrogen and oxygen atoms in total. The highest BCUT2D eigenvalue weighted by atomic mass is 16.5. The van der Waals surface area contributed by atoms with Crippen LogP contribution < -0.4 is 5.73 Å². The van der Waals surface area contributed by atoms with Crippen molar-refractivity contribution in [2.24, 2.45) is 0 Å². The van der Waals surface area contributed by atoms with E-state index in [0.29, 0.717) is 11.7 Å². The molecule has 0 fully saturated rings. The fraction of sp³-hybridized carbons (Fsp3) is 0.176. The molecule has 0 spiro atoms. The summed E-state index contributed by atoms with van der Waals surface area (Å²) >= 11 is 0. The summed E-state index contributed by atoms with van der Waals surface area (Å²) in [5, 5.41) is 4.06. The van der Waals surface area contributed by atoms with Crippen LogP contribution in [0.15, 0.2) is 47.0 Å². The van der Waals surface area contributed by atoms with Crippen molar-refractivity contribution in [1.29, 1.82) is 0 Å². The Hall–Kier alpha value is -2.62. The minimum absolute atomic E-state index is 0.495. The van der Waals surface area contributed by atoms with Gasteiger partial charge >= 0.3 is 0 Å². The molecule has 0 aliphatic heterocycles. The normalized spacial score (nSPS) is 10.8. The van der Waals surface area contributed by atoms with Crippen LogP contribution in [-0.4, -0.2) is 10.1 Å². The standard InChI is InChI=1S/C17H17N3O/c1-3-12-7-9-13(10-8-12)16-19-17(21-20-16)14-5-4-6-15(18)11(14)2/h4-10H,3,18H2,1-2H3. The van der Waals surface area contributed by atoms with Crippen LogP contribution in [0.25, 0.3) is 22.8 Å². The van der Waals surface area contributed by atoms with Crippen LogP contribution in [-0.2, 0) is 6.42 Å². The van der Waals surface area contributed by atoms with Crippen molar-refractivity contribution >= 4 is 5.69 Å². The minimum atomic E-state index is 0.495. The van der Waals surface area contributed by atoms with Gasteiger partial charge in [-0.15, -0.1) is 0 Å². The fourth-order valence-electron chi connectivity index (χ4n) is 2.22. The van der Waals surface area contributed by atoms with Gasteiger partial charge in [0, 0.05) is 16.8 Å². The van der Waals surface area contributed by atoms with Crippen molar-refractivity contribution in [1.82, 2.24) is 10.1 Å². The molecule has 3 aromatic rings. The number of aryl methyl sites for hydroxylation is 1. The number of aromatic nitrogens is 2. The molecule has 0 unspecified atom stereocenters. The zero-order valence-corrected chi connectivity index (χ0v) is 12.1. The molecule has 0 saturated heterocycles. The highest BCUT2D eigenvalue weighted by Gasteiger charge is 2.13. The number of benzene rings is 2. The second-order valence-electron chi connectivity index (χ2n) is 4.99. The average molecular weight is 279 g/mol. The number of nitrogen functional groups attached to an aromatic ring is 1. The second kappa shape index (κ2) is 5.40. The summed E-state index contributed by atoms with van der Waals surface area (Å²) in [5.74, 6) is 1.09. The molecule has 1 heterocycles. The van der Waals surface area contributed by atoms with Crippen LogP contribution in [0, 0.1) is 6.92 Å². The first kappa shape index (κ1) is 13.4. The molecular weight excluding hydrogens is 262 g/mol. The molecule has 0 atom stereocenters. The van der Waals surface area contributed by atoms with Crippen molar-refractivity contribution in [2.75, 3.05) is 5.73 Å². The summed E-state index contributed by atoms with van der Waals surface area (Å²) in [6.07, 6.45) is 1.01. The van der Waals surface area contributed by atoms with Gasteiger partial charge in [-0.25, -0.2) is 0 Å². The first-order valence-corrected chi connectivity index (χ1v) is 6.97. The Morgan fingerprint density at radius 1 is 1.10 bits per heavy atom. The molecule has 0 saturated carbocycles. The molecule has 0 amide bonds. The van der Waals surface area contributed by atoms with Gasteiger partial charge in [0.2, 0.25) is 5.82 Å². The zero-order valence-electron chi connectivity index (χ0n) is 12.1. The van der Waals surface area contributed by atoms with Crippen molar-refractivity contribution in [3.05, 3.63) is 53.6 Å².